The highest BCUT2D eigenvalue weighted by Gasteiger charge is 1.96. The number of aromatic nitrogens is 1. The van der Waals surface area contributed by atoms with Crippen LogP contribution in [0.5, 0.6) is 0 Å². The largest absolute Gasteiger partial charge is 0.296 e. The maximum Gasteiger partial charge on any atom is 0.169 e. The van der Waals surface area contributed by atoms with Crippen molar-refractivity contribution in [3.63, 3.8) is 0 Å². The lowest BCUT2D eigenvalue weighted by Gasteiger charge is -1.93. The lowest BCUT2D eigenvalue weighted by atomic mass is 10.1. The number of hydrogen-bond acceptors (Lipinski definition) is 2. The van der Waals surface area contributed by atoms with Gasteiger partial charge < -0.3 is 0 Å². The van der Waals surface area contributed by atoms with Crippen LogP contribution in [-0.2, 0) is 0 Å². The Bertz CT molecular complexity index is 550. The van der Waals surface area contributed by atoms with Gasteiger partial charge in [-0.25, -0.2) is 0 Å². The van der Waals surface area contributed by atoms with Crippen molar-refractivity contribution in [2.75, 3.05) is 0 Å². The molecule has 0 amide bonds. The molecule has 1 aromatic heterocycles. The van der Waals surface area contributed by atoms with E-state index in [1.165, 1.54) is 0 Å². The number of aldehydes is 1. The summed E-state index contributed by atoms with van der Waals surface area (Å²) in [5.41, 5.74) is 1.95. The van der Waals surface area contributed by atoms with E-state index in [1.807, 2.05) is 30.3 Å². The van der Waals surface area contributed by atoms with Gasteiger partial charge in [-0.1, -0.05) is 30.0 Å². The Morgan fingerprint density at radius 3 is 2.56 bits per heavy atom. The summed E-state index contributed by atoms with van der Waals surface area (Å²) in [5, 5.41) is 0. The smallest absolute Gasteiger partial charge is 0.169 e. The Hall–Kier alpha value is -2.40. The molecule has 16 heavy (non-hydrogen) atoms. The summed E-state index contributed by atoms with van der Waals surface area (Å²) in [7, 11) is 0. The zero-order valence-corrected chi connectivity index (χ0v) is 8.55. The molecular weight excluding hydrogens is 198 g/mol. The number of pyridine rings is 1. The quantitative estimate of drug-likeness (QED) is 0.530. The molecule has 2 nitrogen and oxygen atoms in total. The molecule has 0 saturated heterocycles. The Balaban J connectivity index is 2.34. The molecular formula is C14H9NO. The van der Waals surface area contributed by atoms with E-state index in [-0.39, 0.29) is 0 Å². The van der Waals surface area contributed by atoms with Crippen LogP contribution < -0.4 is 0 Å². The highest BCUT2D eigenvalue weighted by Crippen LogP contribution is 2.01. The first-order valence-corrected chi connectivity index (χ1v) is 4.87. The number of benzene rings is 1. The van der Waals surface area contributed by atoms with Crippen molar-refractivity contribution in [3.05, 3.63) is 65.5 Å². The summed E-state index contributed by atoms with van der Waals surface area (Å²) in [6, 6.07) is 13.2. The second-order valence-electron chi connectivity index (χ2n) is 3.17. The van der Waals surface area contributed by atoms with Crippen LogP contribution in [0.25, 0.3) is 0 Å². The van der Waals surface area contributed by atoms with Gasteiger partial charge in [-0.15, -0.1) is 0 Å². The third-order valence-corrected chi connectivity index (χ3v) is 2.07. The van der Waals surface area contributed by atoms with Crippen LogP contribution in [0, 0.1) is 11.8 Å². The summed E-state index contributed by atoms with van der Waals surface area (Å²) in [6.07, 6.45) is 2.30. The summed E-state index contributed by atoms with van der Waals surface area (Å²) < 4.78 is 0. The van der Waals surface area contributed by atoms with Gasteiger partial charge in [-0.3, -0.25) is 9.78 Å². The van der Waals surface area contributed by atoms with Crippen molar-refractivity contribution in [1.29, 1.82) is 0 Å². The molecule has 0 N–H and O–H groups in total. The van der Waals surface area contributed by atoms with E-state index in [0.717, 1.165) is 11.8 Å². The molecule has 0 aliphatic carbocycles. The summed E-state index contributed by atoms with van der Waals surface area (Å²) in [5.74, 6) is 5.92. The van der Waals surface area contributed by atoms with Crippen molar-refractivity contribution in [2.45, 2.75) is 0 Å². The SMILES string of the molecule is O=Cc1ncccc1C#Cc1ccccc1. The van der Waals surface area contributed by atoms with Crippen LogP contribution in [-0.4, -0.2) is 11.3 Å². The molecule has 0 spiro atoms. The van der Waals surface area contributed by atoms with Gasteiger partial charge in [0.15, 0.2) is 6.29 Å². The van der Waals surface area contributed by atoms with Crippen LogP contribution in [0.15, 0.2) is 48.7 Å². The zero-order valence-electron chi connectivity index (χ0n) is 8.55. The predicted octanol–water partition coefficient (Wildman–Crippen LogP) is 2.29. The van der Waals surface area contributed by atoms with Crippen molar-refractivity contribution in [3.8, 4) is 11.8 Å². The molecule has 1 heterocycles. The monoisotopic (exact) mass is 207 g/mol. The van der Waals surface area contributed by atoms with Gasteiger partial charge in [0.25, 0.3) is 0 Å². The molecule has 2 heteroatoms. The van der Waals surface area contributed by atoms with Gasteiger partial charge in [0.05, 0.1) is 5.56 Å². The molecule has 0 bridgehead atoms. The molecule has 2 aromatic rings. The van der Waals surface area contributed by atoms with Crippen molar-refractivity contribution in [2.24, 2.45) is 0 Å². The van der Waals surface area contributed by atoms with Gasteiger partial charge in [0.1, 0.15) is 5.69 Å². The Morgan fingerprint density at radius 1 is 1.00 bits per heavy atom. The Kier molecular flexibility index (Phi) is 3.10. The van der Waals surface area contributed by atoms with Crippen LogP contribution in [0.4, 0.5) is 0 Å². The van der Waals surface area contributed by atoms with Gasteiger partial charge in [-0.2, -0.15) is 0 Å². The average molecular weight is 207 g/mol. The molecule has 0 unspecified atom stereocenters. The molecule has 0 atom stereocenters. The van der Waals surface area contributed by atoms with Crippen LogP contribution >= 0.6 is 0 Å². The zero-order chi connectivity index (χ0) is 11.2. The fraction of sp³-hybridized carbons (Fsp3) is 0. The van der Waals surface area contributed by atoms with Crippen molar-refractivity contribution < 1.29 is 4.79 Å². The molecule has 0 aliphatic rings. The number of rotatable bonds is 1. The first kappa shape index (κ1) is 10.1. The molecule has 0 aliphatic heterocycles. The van der Waals surface area contributed by atoms with Crippen molar-refractivity contribution >= 4 is 6.29 Å². The van der Waals surface area contributed by atoms with Crippen LogP contribution in [0.1, 0.15) is 21.6 Å². The first-order valence-electron chi connectivity index (χ1n) is 4.87. The average Bonchev–Trinajstić information content (AvgIpc) is 2.38. The van der Waals surface area contributed by atoms with E-state index in [1.54, 1.807) is 18.3 Å². The predicted molar refractivity (Wildman–Crippen MR) is 62.0 cm³/mol. The fourth-order valence-electron chi connectivity index (χ4n) is 1.28. The van der Waals surface area contributed by atoms with Gasteiger partial charge in [0.2, 0.25) is 0 Å². The van der Waals surface area contributed by atoms with E-state index < -0.39 is 0 Å². The lowest BCUT2D eigenvalue weighted by molar-refractivity contribution is 0.111. The molecule has 0 fully saturated rings. The summed E-state index contributed by atoms with van der Waals surface area (Å²) >= 11 is 0. The Morgan fingerprint density at radius 2 is 1.81 bits per heavy atom. The van der Waals surface area contributed by atoms with Crippen LogP contribution in [0.2, 0.25) is 0 Å². The summed E-state index contributed by atoms with van der Waals surface area (Å²) in [6.45, 7) is 0. The minimum Gasteiger partial charge on any atom is -0.296 e. The number of carbonyl (C=O) groups excluding carboxylic acids is 1. The summed E-state index contributed by atoms with van der Waals surface area (Å²) in [4.78, 5) is 14.6. The minimum absolute atomic E-state index is 0.380. The standard InChI is InChI=1S/C14H9NO/c16-11-14-13(7-4-10-15-14)9-8-12-5-2-1-3-6-12/h1-7,10-11H. The lowest BCUT2D eigenvalue weighted by Crippen LogP contribution is -1.90. The number of carbonyl (C=O) groups is 1. The molecule has 0 radical (unpaired) electrons. The Labute approximate surface area is 94.0 Å². The number of hydrogen-bond donors (Lipinski definition) is 0. The van der Waals surface area contributed by atoms with E-state index in [4.69, 9.17) is 0 Å². The molecule has 76 valence electrons. The first-order chi connectivity index (χ1) is 7.90. The van der Waals surface area contributed by atoms with Gasteiger partial charge >= 0.3 is 0 Å². The van der Waals surface area contributed by atoms with E-state index in [0.29, 0.717) is 11.3 Å². The normalized spacial score (nSPS) is 9.00. The van der Waals surface area contributed by atoms with E-state index in [9.17, 15) is 4.79 Å². The fourth-order valence-corrected chi connectivity index (χ4v) is 1.28. The maximum atomic E-state index is 10.7. The number of nitrogens with zero attached hydrogens (tertiary/aromatic N) is 1. The van der Waals surface area contributed by atoms with Crippen molar-refractivity contribution in [1.82, 2.24) is 4.98 Å². The third kappa shape index (κ3) is 2.34. The molecule has 1 aromatic carbocycles. The highest BCUT2D eigenvalue weighted by atomic mass is 16.1. The van der Waals surface area contributed by atoms with Gasteiger partial charge in [0, 0.05) is 11.8 Å². The van der Waals surface area contributed by atoms with E-state index >= 15 is 0 Å². The second kappa shape index (κ2) is 4.90. The highest BCUT2D eigenvalue weighted by molar-refractivity contribution is 5.76. The van der Waals surface area contributed by atoms with Gasteiger partial charge in [-0.05, 0) is 24.3 Å². The third-order valence-electron chi connectivity index (χ3n) is 2.07. The van der Waals surface area contributed by atoms with Crippen LogP contribution in [0.3, 0.4) is 0 Å². The topological polar surface area (TPSA) is 30.0 Å². The second-order valence-corrected chi connectivity index (χ2v) is 3.17. The maximum absolute atomic E-state index is 10.7. The van der Waals surface area contributed by atoms with E-state index in [2.05, 4.69) is 16.8 Å². The molecule has 0 saturated carbocycles. The minimum atomic E-state index is 0.380. The molecule has 2 rings (SSSR count).